The van der Waals surface area contributed by atoms with Gasteiger partial charge >= 0.3 is 0 Å². The topological polar surface area (TPSA) is 15.3 Å². The lowest BCUT2D eigenvalue weighted by Gasteiger charge is -2.45. The van der Waals surface area contributed by atoms with E-state index in [1.54, 1.807) is 0 Å². The lowest BCUT2D eigenvalue weighted by atomic mass is 9.78. The second kappa shape index (κ2) is 7.15. The fraction of sp³-hybridized carbons (Fsp3) is 0.667. The maximum absolute atomic E-state index is 3.82. The number of hydrogen-bond donors (Lipinski definition) is 1. The highest BCUT2D eigenvalue weighted by Gasteiger charge is 2.33. The van der Waals surface area contributed by atoms with Crippen LogP contribution in [0.1, 0.15) is 51.0 Å². The zero-order chi connectivity index (χ0) is 14.7. The molecule has 116 valence electrons. The summed E-state index contributed by atoms with van der Waals surface area (Å²) in [5.74, 6) is 0.931. The number of benzene rings is 1. The average Bonchev–Trinajstić information content (AvgIpc) is 2.53. The molecule has 1 aliphatic carbocycles. The van der Waals surface area contributed by atoms with E-state index in [1.807, 2.05) is 0 Å². The third kappa shape index (κ3) is 3.45. The normalized spacial score (nSPS) is 25.7. The molecule has 3 heteroatoms. The first-order chi connectivity index (χ1) is 10.3. The SMILES string of the molecule is CCNCc1ccc(N2CCCC3CCCCC32)c(Br)c1. The molecule has 0 amide bonds. The van der Waals surface area contributed by atoms with Gasteiger partial charge in [0.2, 0.25) is 0 Å². The molecular formula is C18H27BrN2. The van der Waals surface area contributed by atoms with Gasteiger partial charge in [-0.05, 0) is 71.8 Å². The first-order valence-electron chi connectivity index (χ1n) is 8.55. The largest absolute Gasteiger partial charge is 0.367 e. The van der Waals surface area contributed by atoms with Crippen molar-refractivity contribution in [1.82, 2.24) is 5.32 Å². The fourth-order valence-corrected chi connectivity index (χ4v) is 4.74. The van der Waals surface area contributed by atoms with Gasteiger partial charge in [-0.15, -0.1) is 0 Å². The third-order valence-electron chi connectivity index (χ3n) is 5.14. The minimum atomic E-state index is 0.781. The van der Waals surface area contributed by atoms with E-state index in [0.717, 1.165) is 25.0 Å². The number of piperidine rings is 1. The molecule has 1 aliphatic heterocycles. The Kier molecular flexibility index (Phi) is 5.23. The average molecular weight is 351 g/mol. The first kappa shape index (κ1) is 15.4. The van der Waals surface area contributed by atoms with E-state index >= 15 is 0 Å². The van der Waals surface area contributed by atoms with Crippen molar-refractivity contribution in [3.63, 3.8) is 0 Å². The Labute approximate surface area is 137 Å². The van der Waals surface area contributed by atoms with Crippen molar-refractivity contribution < 1.29 is 0 Å². The monoisotopic (exact) mass is 350 g/mol. The van der Waals surface area contributed by atoms with Crippen LogP contribution in [0, 0.1) is 5.92 Å². The summed E-state index contributed by atoms with van der Waals surface area (Å²) in [5, 5.41) is 3.40. The molecule has 1 saturated heterocycles. The molecule has 0 spiro atoms. The summed E-state index contributed by atoms with van der Waals surface area (Å²) in [6, 6.07) is 7.69. The predicted octanol–water partition coefficient (Wildman–Crippen LogP) is 4.72. The van der Waals surface area contributed by atoms with E-state index < -0.39 is 0 Å². The van der Waals surface area contributed by atoms with Crippen LogP contribution in [0.4, 0.5) is 5.69 Å². The van der Waals surface area contributed by atoms with Crippen molar-refractivity contribution in [2.24, 2.45) is 5.92 Å². The van der Waals surface area contributed by atoms with Gasteiger partial charge in [0.25, 0.3) is 0 Å². The Morgan fingerprint density at radius 1 is 1.19 bits per heavy atom. The minimum Gasteiger partial charge on any atom is -0.367 e. The van der Waals surface area contributed by atoms with Crippen molar-refractivity contribution in [2.45, 2.75) is 58.0 Å². The second-order valence-corrected chi connectivity index (χ2v) is 7.37. The number of rotatable bonds is 4. The first-order valence-corrected chi connectivity index (χ1v) is 9.34. The molecule has 3 rings (SSSR count). The van der Waals surface area contributed by atoms with E-state index in [0.29, 0.717) is 0 Å². The van der Waals surface area contributed by atoms with Crippen LogP contribution in [0.15, 0.2) is 22.7 Å². The highest BCUT2D eigenvalue weighted by molar-refractivity contribution is 9.10. The number of nitrogens with one attached hydrogen (secondary N) is 1. The van der Waals surface area contributed by atoms with Crippen LogP contribution in [0.25, 0.3) is 0 Å². The molecule has 0 aromatic heterocycles. The second-order valence-electron chi connectivity index (χ2n) is 6.51. The number of halogens is 1. The number of fused-ring (bicyclic) bond motifs is 1. The predicted molar refractivity (Wildman–Crippen MR) is 93.8 cm³/mol. The van der Waals surface area contributed by atoms with Crippen molar-refractivity contribution in [3.05, 3.63) is 28.2 Å². The fourth-order valence-electron chi connectivity index (χ4n) is 4.09. The van der Waals surface area contributed by atoms with E-state index in [2.05, 4.69) is 51.3 Å². The number of nitrogens with zero attached hydrogens (tertiary/aromatic N) is 1. The van der Waals surface area contributed by atoms with Gasteiger partial charge in [-0.1, -0.05) is 25.8 Å². The Bertz CT molecular complexity index is 472. The van der Waals surface area contributed by atoms with Crippen LogP contribution < -0.4 is 10.2 Å². The summed E-state index contributed by atoms with van der Waals surface area (Å²) in [6.45, 7) is 5.36. The maximum Gasteiger partial charge on any atom is 0.0513 e. The van der Waals surface area contributed by atoms with Crippen LogP contribution in [0.3, 0.4) is 0 Å². The molecule has 2 atom stereocenters. The van der Waals surface area contributed by atoms with Crippen molar-refractivity contribution in [3.8, 4) is 0 Å². The Morgan fingerprint density at radius 2 is 2.00 bits per heavy atom. The van der Waals surface area contributed by atoms with Gasteiger partial charge in [0, 0.05) is 23.6 Å². The molecule has 1 saturated carbocycles. The third-order valence-corrected chi connectivity index (χ3v) is 5.78. The Balaban J connectivity index is 1.78. The highest BCUT2D eigenvalue weighted by Crippen LogP contribution is 2.40. The smallest absolute Gasteiger partial charge is 0.0513 e. The van der Waals surface area contributed by atoms with Crippen molar-refractivity contribution in [1.29, 1.82) is 0 Å². The molecule has 2 fully saturated rings. The van der Waals surface area contributed by atoms with Gasteiger partial charge in [-0.2, -0.15) is 0 Å². The van der Waals surface area contributed by atoms with Gasteiger partial charge in [-0.3, -0.25) is 0 Å². The van der Waals surface area contributed by atoms with E-state index in [4.69, 9.17) is 0 Å². The van der Waals surface area contributed by atoms with Crippen LogP contribution in [0.2, 0.25) is 0 Å². The number of hydrogen-bond acceptors (Lipinski definition) is 2. The zero-order valence-corrected chi connectivity index (χ0v) is 14.7. The Hall–Kier alpha value is -0.540. The van der Waals surface area contributed by atoms with Crippen LogP contribution in [0.5, 0.6) is 0 Å². The molecular weight excluding hydrogens is 324 g/mol. The summed E-state index contributed by atoms with van der Waals surface area (Å²) < 4.78 is 1.27. The van der Waals surface area contributed by atoms with Gasteiger partial charge in [0.05, 0.1) is 5.69 Å². The molecule has 1 N–H and O–H groups in total. The zero-order valence-electron chi connectivity index (χ0n) is 13.1. The summed E-state index contributed by atoms with van der Waals surface area (Å²) in [6.07, 6.45) is 8.48. The van der Waals surface area contributed by atoms with Gasteiger partial charge in [0.1, 0.15) is 0 Å². The van der Waals surface area contributed by atoms with Gasteiger partial charge in [0.15, 0.2) is 0 Å². The maximum atomic E-state index is 3.82. The van der Waals surface area contributed by atoms with E-state index in [1.165, 1.54) is 60.8 Å². The molecule has 0 radical (unpaired) electrons. The van der Waals surface area contributed by atoms with Gasteiger partial charge in [-0.25, -0.2) is 0 Å². The van der Waals surface area contributed by atoms with Crippen LogP contribution >= 0.6 is 15.9 Å². The molecule has 1 aromatic carbocycles. The van der Waals surface area contributed by atoms with Crippen LogP contribution in [-0.4, -0.2) is 19.1 Å². The molecule has 1 heterocycles. The molecule has 2 nitrogen and oxygen atoms in total. The minimum absolute atomic E-state index is 0.781. The standard InChI is InChI=1S/C18H27BrN2/c1-2-20-13-14-9-10-18(16(19)12-14)21-11-5-7-15-6-3-4-8-17(15)21/h9-10,12,15,17,20H,2-8,11,13H2,1H3. The quantitative estimate of drug-likeness (QED) is 0.845. The van der Waals surface area contributed by atoms with Crippen LogP contribution in [-0.2, 0) is 6.54 Å². The summed E-state index contributed by atoms with van der Waals surface area (Å²) in [5.41, 5.74) is 2.77. The summed E-state index contributed by atoms with van der Waals surface area (Å²) in [4.78, 5) is 2.69. The lowest BCUT2D eigenvalue weighted by molar-refractivity contribution is 0.243. The molecule has 21 heavy (non-hydrogen) atoms. The van der Waals surface area contributed by atoms with E-state index in [9.17, 15) is 0 Å². The molecule has 1 aromatic rings. The molecule has 2 unspecified atom stereocenters. The Morgan fingerprint density at radius 3 is 2.81 bits per heavy atom. The summed E-state index contributed by atoms with van der Waals surface area (Å²) >= 11 is 3.82. The summed E-state index contributed by atoms with van der Waals surface area (Å²) in [7, 11) is 0. The molecule has 2 aliphatic rings. The lowest BCUT2D eigenvalue weighted by Crippen LogP contribution is -2.47. The van der Waals surface area contributed by atoms with Gasteiger partial charge < -0.3 is 10.2 Å². The van der Waals surface area contributed by atoms with E-state index in [-0.39, 0.29) is 0 Å². The van der Waals surface area contributed by atoms with Crippen molar-refractivity contribution >= 4 is 21.6 Å². The van der Waals surface area contributed by atoms with Crippen molar-refractivity contribution in [2.75, 3.05) is 18.0 Å². The highest BCUT2D eigenvalue weighted by atomic mass is 79.9. The molecule has 0 bridgehead atoms. The number of anilines is 1.